The summed E-state index contributed by atoms with van der Waals surface area (Å²) in [5.74, 6) is 0.349. The summed E-state index contributed by atoms with van der Waals surface area (Å²) in [5, 5.41) is 9.83. The molecule has 0 spiro atoms. The van der Waals surface area contributed by atoms with E-state index < -0.39 is 0 Å². The number of hydrogen-bond acceptors (Lipinski definition) is 4. The minimum Gasteiger partial charge on any atom is -0.508 e. The number of likely N-dealkylation sites (tertiary alicyclic amines) is 1. The van der Waals surface area contributed by atoms with E-state index in [4.69, 9.17) is 4.74 Å². The fourth-order valence-electron chi connectivity index (χ4n) is 3.68. The van der Waals surface area contributed by atoms with Crippen molar-refractivity contribution in [2.75, 3.05) is 31.1 Å². The standard InChI is InChI=1S/C17H26N2O2/c1-3-18-9-7-14(8-10-18)19-16-12-15(20)6-5-13(16)11-17(19)21-4-2/h5-6,12,14,17,20H,3-4,7-11H2,1-2H3. The first-order chi connectivity index (χ1) is 10.2. The van der Waals surface area contributed by atoms with Crippen LogP contribution in [0.2, 0.25) is 0 Å². The lowest BCUT2D eigenvalue weighted by Gasteiger charge is -2.40. The topological polar surface area (TPSA) is 35.9 Å². The molecule has 1 atom stereocenters. The Kier molecular flexibility index (Phi) is 4.36. The van der Waals surface area contributed by atoms with Crippen molar-refractivity contribution in [2.24, 2.45) is 0 Å². The summed E-state index contributed by atoms with van der Waals surface area (Å²) in [7, 11) is 0. The lowest BCUT2D eigenvalue weighted by atomic mass is 10.0. The third-order valence-corrected chi connectivity index (χ3v) is 4.81. The molecule has 21 heavy (non-hydrogen) atoms. The van der Waals surface area contributed by atoms with Crippen molar-refractivity contribution < 1.29 is 9.84 Å². The van der Waals surface area contributed by atoms with E-state index in [1.54, 1.807) is 6.07 Å². The van der Waals surface area contributed by atoms with Crippen LogP contribution in [0.3, 0.4) is 0 Å². The molecule has 1 aromatic carbocycles. The van der Waals surface area contributed by atoms with Crippen molar-refractivity contribution >= 4 is 5.69 Å². The van der Waals surface area contributed by atoms with Crippen LogP contribution < -0.4 is 4.90 Å². The predicted octanol–water partition coefficient (Wildman–Crippen LogP) is 2.60. The van der Waals surface area contributed by atoms with Gasteiger partial charge < -0.3 is 19.6 Å². The average molecular weight is 290 g/mol. The molecule has 1 unspecified atom stereocenters. The molecule has 0 saturated carbocycles. The van der Waals surface area contributed by atoms with E-state index in [1.165, 1.54) is 24.1 Å². The van der Waals surface area contributed by atoms with Gasteiger partial charge >= 0.3 is 0 Å². The summed E-state index contributed by atoms with van der Waals surface area (Å²) in [5.41, 5.74) is 2.47. The summed E-state index contributed by atoms with van der Waals surface area (Å²) >= 11 is 0. The number of aromatic hydroxyl groups is 1. The smallest absolute Gasteiger partial charge is 0.134 e. The Morgan fingerprint density at radius 1 is 1.24 bits per heavy atom. The maximum Gasteiger partial charge on any atom is 0.134 e. The minimum atomic E-state index is 0.130. The molecule has 0 bridgehead atoms. The number of nitrogens with zero attached hydrogens (tertiary/aromatic N) is 2. The van der Waals surface area contributed by atoms with Crippen molar-refractivity contribution in [3.05, 3.63) is 23.8 Å². The number of phenolic OH excluding ortho intramolecular Hbond substituents is 1. The number of anilines is 1. The molecular formula is C17H26N2O2. The number of ether oxygens (including phenoxy) is 1. The van der Waals surface area contributed by atoms with Crippen LogP contribution in [0.25, 0.3) is 0 Å². The van der Waals surface area contributed by atoms with Crippen molar-refractivity contribution in [3.8, 4) is 5.75 Å². The molecule has 116 valence electrons. The highest BCUT2D eigenvalue weighted by Gasteiger charge is 2.36. The van der Waals surface area contributed by atoms with E-state index in [0.29, 0.717) is 11.8 Å². The van der Waals surface area contributed by atoms with E-state index in [2.05, 4.69) is 23.6 Å². The monoisotopic (exact) mass is 290 g/mol. The number of fused-ring (bicyclic) bond motifs is 1. The Morgan fingerprint density at radius 2 is 2.00 bits per heavy atom. The second-order valence-corrected chi connectivity index (χ2v) is 6.00. The second kappa shape index (κ2) is 6.24. The third kappa shape index (κ3) is 2.87. The van der Waals surface area contributed by atoms with Gasteiger partial charge in [-0.1, -0.05) is 13.0 Å². The zero-order valence-corrected chi connectivity index (χ0v) is 13.1. The molecule has 0 aliphatic carbocycles. The van der Waals surface area contributed by atoms with Gasteiger partial charge in [-0.2, -0.15) is 0 Å². The number of piperidine rings is 1. The summed E-state index contributed by atoms with van der Waals surface area (Å²) in [6, 6.07) is 6.25. The first kappa shape index (κ1) is 14.7. The predicted molar refractivity (Wildman–Crippen MR) is 84.8 cm³/mol. The molecule has 2 heterocycles. The first-order valence-corrected chi connectivity index (χ1v) is 8.17. The highest BCUT2D eigenvalue weighted by Crippen LogP contribution is 2.38. The van der Waals surface area contributed by atoms with E-state index in [-0.39, 0.29) is 6.23 Å². The Bertz CT molecular complexity index is 484. The van der Waals surface area contributed by atoms with Gasteiger partial charge in [-0.25, -0.2) is 0 Å². The number of phenols is 1. The summed E-state index contributed by atoms with van der Waals surface area (Å²) in [6.07, 6.45) is 3.40. The normalized spacial score (nSPS) is 23.5. The van der Waals surface area contributed by atoms with Crippen LogP contribution in [0.15, 0.2) is 18.2 Å². The zero-order valence-electron chi connectivity index (χ0n) is 13.1. The fourth-order valence-corrected chi connectivity index (χ4v) is 3.68. The van der Waals surface area contributed by atoms with Crippen LogP contribution in [0.1, 0.15) is 32.3 Å². The van der Waals surface area contributed by atoms with Crippen LogP contribution in [-0.4, -0.2) is 48.5 Å². The van der Waals surface area contributed by atoms with Gasteiger partial charge in [-0.15, -0.1) is 0 Å². The van der Waals surface area contributed by atoms with Gasteiger partial charge in [0.05, 0.1) is 0 Å². The Labute approximate surface area is 127 Å². The first-order valence-electron chi connectivity index (χ1n) is 8.17. The van der Waals surface area contributed by atoms with Crippen LogP contribution in [-0.2, 0) is 11.2 Å². The average Bonchev–Trinajstić information content (AvgIpc) is 2.85. The summed E-state index contributed by atoms with van der Waals surface area (Å²) in [4.78, 5) is 4.93. The highest BCUT2D eigenvalue weighted by atomic mass is 16.5. The number of rotatable bonds is 4. The molecule has 1 saturated heterocycles. The lowest BCUT2D eigenvalue weighted by molar-refractivity contribution is 0.0548. The van der Waals surface area contributed by atoms with E-state index >= 15 is 0 Å². The molecule has 2 aliphatic heterocycles. The van der Waals surface area contributed by atoms with E-state index in [1.807, 2.05) is 12.1 Å². The summed E-state index contributed by atoms with van der Waals surface area (Å²) < 4.78 is 5.97. The second-order valence-electron chi connectivity index (χ2n) is 6.00. The molecule has 1 fully saturated rings. The highest BCUT2D eigenvalue weighted by molar-refractivity contribution is 5.62. The zero-order chi connectivity index (χ0) is 14.8. The van der Waals surface area contributed by atoms with Gasteiger partial charge in [0.1, 0.15) is 12.0 Å². The van der Waals surface area contributed by atoms with Gasteiger partial charge in [-0.05, 0) is 37.9 Å². The SMILES string of the molecule is CCOC1Cc2ccc(O)cc2N1C1CCN(CC)CC1. The molecule has 3 rings (SSSR count). The Morgan fingerprint density at radius 3 is 2.67 bits per heavy atom. The molecule has 2 aliphatic rings. The quantitative estimate of drug-likeness (QED) is 0.924. The molecule has 0 amide bonds. The van der Waals surface area contributed by atoms with Crippen molar-refractivity contribution in [2.45, 2.75) is 45.4 Å². The van der Waals surface area contributed by atoms with Gasteiger partial charge in [0.2, 0.25) is 0 Å². The van der Waals surface area contributed by atoms with Crippen LogP contribution in [0.5, 0.6) is 5.75 Å². The number of benzene rings is 1. The number of hydrogen-bond donors (Lipinski definition) is 1. The van der Waals surface area contributed by atoms with E-state index in [0.717, 1.165) is 32.7 Å². The Balaban J connectivity index is 1.82. The van der Waals surface area contributed by atoms with Crippen molar-refractivity contribution in [1.82, 2.24) is 4.90 Å². The molecule has 4 heteroatoms. The van der Waals surface area contributed by atoms with Crippen LogP contribution >= 0.6 is 0 Å². The molecule has 1 N–H and O–H groups in total. The van der Waals surface area contributed by atoms with Crippen LogP contribution in [0, 0.1) is 0 Å². The summed E-state index contributed by atoms with van der Waals surface area (Å²) in [6.45, 7) is 8.47. The van der Waals surface area contributed by atoms with Gasteiger partial charge in [-0.3, -0.25) is 0 Å². The maximum absolute atomic E-state index is 9.83. The van der Waals surface area contributed by atoms with Crippen molar-refractivity contribution in [3.63, 3.8) is 0 Å². The van der Waals surface area contributed by atoms with Gasteiger partial charge in [0.25, 0.3) is 0 Å². The lowest BCUT2D eigenvalue weighted by Crippen LogP contribution is -2.48. The minimum absolute atomic E-state index is 0.130. The Hall–Kier alpha value is -1.26. The van der Waals surface area contributed by atoms with Crippen LogP contribution in [0.4, 0.5) is 5.69 Å². The molecule has 4 nitrogen and oxygen atoms in total. The van der Waals surface area contributed by atoms with E-state index in [9.17, 15) is 5.11 Å². The third-order valence-electron chi connectivity index (χ3n) is 4.81. The van der Waals surface area contributed by atoms with Gasteiger partial charge in [0.15, 0.2) is 0 Å². The molecule has 0 aromatic heterocycles. The molecule has 0 radical (unpaired) electrons. The van der Waals surface area contributed by atoms with Crippen molar-refractivity contribution in [1.29, 1.82) is 0 Å². The maximum atomic E-state index is 9.83. The molecular weight excluding hydrogens is 264 g/mol. The fraction of sp³-hybridized carbons (Fsp3) is 0.647. The van der Waals surface area contributed by atoms with Gasteiger partial charge in [0, 0.05) is 43.9 Å². The molecule has 1 aromatic rings. The largest absolute Gasteiger partial charge is 0.508 e.